The fourth-order valence-electron chi connectivity index (χ4n) is 3.04. The molecule has 2 nitrogen and oxygen atoms in total. The third-order valence-electron chi connectivity index (χ3n) is 4.10. The summed E-state index contributed by atoms with van der Waals surface area (Å²) in [5.74, 6) is 0. The van der Waals surface area contributed by atoms with Gasteiger partial charge < -0.3 is 4.57 Å². The SMILES string of the molecule is N#Cc1ccc(Cn2c3ccccc3c3ccccc32)cc1. The van der Waals surface area contributed by atoms with Crippen molar-refractivity contribution < 1.29 is 0 Å². The number of benzene rings is 3. The Bertz CT molecular complexity index is 948. The lowest BCUT2D eigenvalue weighted by Gasteiger charge is -2.07. The van der Waals surface area contributed by atoms with Crippen molar-refractivity contribution in [3.8, 4) is 6.07 Å². The topological polar surface area (TPSA) is 28.7 Å². The molecule has 4 aromatic rings. The summed E-state index contributed by atoms with van der Waals surface area (Å²) >= 11 is 0. The van der Waals surface area contributed by atoms with Gasteiger partial charge in [-0.05, 0) is 29.8 Å². The van der Waals surface area contributed by atoms with Crippen LogP contribution in [0.1, 0.15) is 11.1 Å². The zero-order valence-electron chi connectivity index (χ0n) is 12.0. The fraction of sp³-hybridized carbons (Fsp3) is 0.0500. The van der Waals surface area contributed by atoms with E-state index in [1.54, 1.807) is 0 Å². The van der Waals surface area contributed by atoms with Crippen molar-refractivity contribution in [1.29, 1.82) is 5.26 Å². The Morgan fingerprint density at radius 3 is 1.82 bits per heavy atom. The van der Waals surface area contributed by atoms with Crippen molar-refractivity contribution in [3.05, 3.63) is 83.9 Å². The van der Waals surface area contributed by atoms with Gasteiger partial charge >= 0.3 is 0 Å². The van der Waals surface area contributed by atoms with E-state index in [4.69, 9.17) is 5.26 Å². The van der Waals surface area contributed by atoms with Crippen LogP contribution in [-0.2, 0) is 6.54 Å². The standard InChI is InChI=1S/C20H14N2/c21-13-15-9-11-16(12-10-15)14-22-19-7-3-1-5-17(19)18-6-2-4-8-20(18)22/h1-12H,14H2. The molecule has 0 aliphatic heterocycles. The van der Waals surface area contributed by atoms with Crippen LogP contribution in [0.25, 0.3) is 21.8 Å². The molecule has 0 radical (unpaired) electrons. The van der Waals surface area contributed by atoms with E-state index in [0.717, 1.165) is 6.54 Å². The molecule has 0 aliphatic rings. The molecule has 0 saturated heterocycles. The Balaban J connectivity index is 1.90. The second-order valence-corrected chi connectivity index (χ2v) is 5.43. The summed E-state index contributed by atoms with van der Waals surface area (Å²) < 4.78 is 2.34. The van der Waals surface area contributed by atoms with Crippen LogP contribution >= 0.6 is 0 Å². The van der Waals surface area contributed by atoms with Gasteiger partial charge in [0, 0.05) is 28.4 Å². The first-order valence-electron chi connectivity index (χ1n) is 7.32. The average molecular weight is 282 g/mol. The van der Waals surface area contributed by atoms with Crippen LogP contribution in [-0.4, -0.2) is 4.57 Å². The molecule has 2 heteroatoms. The number of fused-ring (bicyclic) bond motifs is 3. The highest BCUT2D eigenvalue weighted by Crippen LogP contribution is 2.29. The molecule has 0 saturated carbocycles. The second kappa shape index (κ2) is 5.05. The lowest BCUT2D eigenvalue weighted by molar-refractivity contribution is 0.869. The van der Waals surface area contributed by atoms with Crippen molar-refractivity contribution in [2.75, 3.05) is 0 Å². The Morgan fingerprint density at radius 2 is 1.27 bits per heavy atom. The number of rotatable bonds is 2. The van der Waals surface area contributed by atoms with E-state index in [0.29, 0.717) is 5.56 Å². The van der Waals surface area contributed by atoms with Crippen molar-refractivity contribution in [1.82, 2.24) is 4.57 Å². The van der Waals surface area contributed by atoms with Crippen molar-refractivity contribution in [2.45, 2.75) is 6.54 Å². The quantitative estimate of drug-likeness (QED) is 0.523. The van der Waals surface area contributed by atoms with Gasteiger partial charge in [0.2, 0.25) is 0 Å². The molecule has 0 atom stereocenters. The molecule has 1 aromatic heterocycles. The summed E-state index contributed by atoms with van der Waals surface area (Å²) in [4.78, 5) is 0. The minimum absolute atomic E-state index is 0.700. The minimum atomic E-state index is 0.700. The van der Waals surface area contributed by atoms with E-state index in [1.165, 1.54) is 27.4 Å². The second-order valence-electron chi connectivity index (χ2n) is 5.43. The first-order chi connectivity index (χ1) is 10.9. The predicted molar refractivity (Wildman–Crippen MR) is 89.7 cm³/mol. The summed E-state index contributed by atoms with van der Waals surface area (Å²) in [5.41, 5.74) is 4.39. The van der Waals surface area contributed by atoms with Gasteiger partial charge in [-0.15, -0.1) is 0 Å². The molecule has 0 N–H and O–H groups in total. The predicted octanol–water partition coefficient (Wildman–Crippen LogP) is 4.71. The van der Waals surface area contributed by atoms with Gasteiger partial charge in [0.25, 0.3) is 0 Å². The van der Waals surface area contributed by atoms with E-state index in [9.17, 15) is 0 Å². The van der Waals surface area contributed by atoms with Gasteiger partial charge in [-0.2, -0.15) is 5.26 Å². The Kier molecular flexibility index (Phi) is 2.91. The molecule has 0 bridgehead atoms. The maximum atomic E-state index is 8.91. The van der Waals surface area contributed by atoms with Gasteiger partial charge in [0.1, 0.15) is 0 Å². The molecular formula is C20H14N2. The van der Waals surface area contributed by atoms with Crippen molar-refractivity contribution >= 4 is 21.8 Å². The van der Waals surface area contributed by atoms with Crippen LogP contribution in [0.15, 0.2) is 72.8 Å². The average Bonchev–Trinajstić information content (AvgIpc) is 2.90. The molecule has 22 heavy (non-hydrogen) atoms. The lowest BCUT2D eigenvalue weighted by atomic mass is 10.1. The summed E-state index contributed by atoms with van der Waals surface area (Å²) in [6.07, 6.45) is 0. The molecule has 4 rings (SSSR count). The fourth-order valence-corrected chi connectivity index (χ4v) is 3.04. The van der Waals surface area contributed by atoms with Crippen LogP contribution in [0.5, 0.6) is 0 Å². The van der Waals surface area contributed by atoms with Gasteiger partial charge in [0.05, 0.1) is 11.6 Å². The molecule has 104 valence electrons. The zero-order chi connectivity index (χ0) is 14.9. The summed E-state index contributed by atoms with van der Waals surface area (Å²) in [7, 11) is 0. The minimum Gasteiger partial charge on any atom is -0.336 e. The number of nitrogens with zero attached hydrogens (tertiary/aromatic N) is 2. The van der Waals surface area contributed by atoms with Gasteiger partial charge in [-0.1, -0.05) is 48.5 Å². The normalized spacial score (nSPS) is 10.9. The Labute approximate surface area is 128 Å². The van der Waals surface area contributed by atoms with Crippen LogP contribution in [0.4, 0.5) is 0 Å². The highest BCUT2D eigenvalue weighted by atomic mass is 15.0. The molecule has 0 fully saturated rings. The largest absolute Gasteiger partial charge is 0.336 e. The third-order valence-corrected chi connectivity index (χ3v) is 4.10. The summed E-state index contributed by atoms with van der Waals surface area (Å²) in [6.45, 7) is 0.805. The molecule has 0 amide bonds. The molecule has 0 aliphatic carbocycles. The number of nitriles is 1. The summed E-state index contributed by atoms with van der Waals surface area (Å²) in [5, 5.41) is 11.5. The van der Waals surface area contributed by atoms with Crippen LogP contribution < -0.4 is 0 Å². The van der Waals surface area contributed by atoms with E-state index in [-0.39, 0.29) is 0 Å². The highest BCUT2D eigenvalue weighted by molar-refractivity contribution is 6.08. The molecule has 0 unspecified atom stereocenters. The third kappa shape index (κ3) is 1.96. The summed E-state index contributed by atoms with van der Waals surface area (Å²) in [6, 6.07) is 27.0. The first-order valence-corrected chi connectivity index (χ1v) is 7.32. The number of para-hydroxylation sites is 2. The highest BCUT2D eigenvalue weighted by Gasteiger charge is 2.09. The van der Waals surface area contributed by atoms with E-state index >= 15 is 0 Å². The van der Waals surface area contributed by atoms with E-state index in [2.05, 4.69) is 59.2 Å². The maximum Gasteiger partial charge on any atom is 0.0991 e. The molecule has 0 spiro atoms. The van der Waals surface area contributed by atoms with Crippen LogP contribution in [0.3, 0.4) is 0 Å². The molecular weight excluding hydrogens is 268 g/mol. The number of hydrogen-bond donors (Lipinski definition) is 0. The van der Waals surface area contributed by atoms with Crippen molar-refractivity contribution in [3.63, 3.8) is 0 Å². The number of aromatic nitrogens is 1. The lowest BCUT2D eigenvalue weighted by Crippen LogP contribution is -1.99. The van der Waals surface area contributed by atoms with Crippen LogP contribution in [0.2, 0.25) is 0 Å². The van der Waals surface area contributed by atoms with E-state index in [1.807, 2.05) is 24.3 Å². The Morgan fingerprint density at radius 1 is 0.727 bits per heavy atom. The van der Waals surface area contributed by atoms with Gasteiger partial charge in [0.15, 0.2) is 0 Å². The maximum absolute atomic E-state index is 8.91. The first kappa shape index (κ1) is 12.7. The van der Waals surface area contributed by atoms with Crippen LogP contribution in [0, 0.1) is 11.3 Å². The Hall–Kier alpha value is -3.05. The van der Waals surface area contributed by atoms with E-state index < -0.39 is 0 Å². The molecule has 1 heterocycles. The monoisotopic (exact) mass is 282 g/mol. The number of hydrogen-bond acceptors (Lipinski definition) is 1. The van der Waals surface area contributed by atoms with Gasteiger partial charge in [-0.3, -0.25) is 0 Å². The zero-order valence-corrected chi connectivity index (χ0v) is 12.0. The molecule has 3 aromatic carbocycles. The smallest absolute Gasteiger partial charge is 0.0991 e. The van der Waals surface area contributed by atoms with Gasteiger partial charge in [-0.25, -0.2) is 0 Å². The van der Waals surface area contributed by atoms with Crippen molar-refractivity contribution in [2.24, 2.45) is 0 Å².